The molecule has 2 heterocycles. The molecule has 0 aliphatic heterocycles. The van der Waals surface area contributed by atoms with Crippen LogP contribution in [0.3, 0.4) is 0 Å². The summed E-state index contributed by atoms with van der Waals surface area (Å²) in [7, 11) is 0. The van der Waals surface area contributed by atoms with E-state index in [4.69, 9.17) is 0 Å². The van der Waals surface area contributed by atoms with Gasteiger partial charge in [-0.25, -0.2) is 0 Å². The van der Waals surface area contributed by atoms with Gasteiger partial charge in [-0.15, -0.1) is 0 Å². The molecule has 1 aliphatic carbocycles. The van der Waals surface area contributed by atoms with Gasteiger partial charge in [0, 0.05) is 34.8 Å². The predicted molar refractivity (Wildman–Crippen MR) is 96.0 cm³/mol. The second-order valence-corrected chi connectivity index (χ2v) is 7.54. The van der Waals surface area contributed by atoms with Crippen LogP contribution in [0.25, 0.3) is 22.3 Å². The average Bonchev–Trinajstić information content (AvgIpc) is 3.07. The van der Waals surface area contributed by atoms with Crippen LogP contribution in [0.4, 0.5) is 5.69 Å². The Morgan fingerprint density at radius 3 is 2.92 bits per heavy atom. The summed E-state index contributed by atoms with van der Waals surface area (Å²) in [5, 5.41) is 11.7. The van der Waals surface area contributed by atoms with Crippen LogP contribution in [0.15, 0.2) is 24.3 Å². The van der Waals surface area contributed by atoms with Crippen molar-refractivity contribution >= 4 is 22.5 Å². The first-order valence-electron chi connectivity index (χ1n) is 8.38. The maximum atomic E-state index is 11.2. The summed E-state index contributed by atoms with van der Waals surface area (Å²) in [5.41, 5.74) is 6.80. The fraction of sp³-hybridized carbons (Fsp3) is 0.368. The number of amides is 1. The topological polar surface area (TPSA) is 73.6 Å². The number of anilines is 1. The van der Waals surface area contributed by atoms with E-state index in [0.29, 0.717) is 5.41 Å². The van der Waals surface area contributed by atoms with Gasteiger partial charge < -0.3 is 10.3 Å². The zero-order chi connectivity index (χ0) is 16.9. The van der Waals surface area contributed by atoms with Gasteiger partial charge in [0.1, 0.15) is 5.69 Å². The number of carbonyl (C=O) groups excluding carboxylic acids is 1. The predicted octanol–water partition coefficient (Wildman–Crippen LogP) is 4.03. The molecule has 3 aromatic rings. The molecule has 2 aromatic heterocycles. The van der Waals surface area contributed by atoms with Crippen molar-refractivity contribution in [1.82, 2.24) is 15.2 Å². The molecule has 0 atom stereocenters. The number of aromatic nitrogens is 3. The summed E-state index contributed by atoms with van der Waals surface area (Å²) in [6, 6.07) is 8.03. The van der Waals surface area contributed by atoms with Crippen molar-refractivity contribution in [3.8, 4) is 11.4 Å². The highest BCUT2D eigenvalue weighted by Gasteiger charge is 2.29. The molecule has 0 bridgehead atoms. The summed E-state index contributed by atoms with van der Waals surface area (Å²) >= 11 is 0. The molecule has 3 N–H and O–H groups in total. The van der Waals surface area contributed by atoms with Gasteiger partial charge in [-0.3, -0.25) is 9.89 Å². The highest BCUT2D eigenvalue weighted by Crippen LogP contribution is 2.38. The number of hydrogen-bond acceptors (Lipinski definition) is 2. The van der Waals surface area contributed by atoms with Gasteiger partial charge in [-0.1, -0.05) is 19.9 Å². The van der Waals surface area contributed by atoms with Gasteiger partial charge in [0.2, 0.25) is 5.91 Å². The van der Waals surface area contributed by atoms with Crippen molar-refractivity contribution in [2.45, 2.75) is 40.0 Å². The number of carbonyl (C=O) groups is 1. The van der Waals surface area contributed by atoms with E-state index in [1.54, 1.807) is 0 Å². The van der Waals surface area contributed by atoms with Crippen molar-refractivity contribution in [2.75, 3.05) is 5.32 Å². The molecule has 5 heteroatoms. The first-order valence-corrected chi connectivity index (χ1v) is 8.38. The molecular formula is C19H22N4O. The Kier molecular flexibility index (Phi) is 3.27. The van der Waals surface area contributed by atoms with E-state index in [2.05, 4.69) is 40.4 Å². The summed E-state index contributed by atoms with van der Waals surface area (Å²) in [6.07, 6.45) is 3.28. The van der Waals surface area contributed by atoms with Crippen LogP contribution in [0.1, 0.15) is 38.4 Å². The fourth-order valence-electron chi connectivity index (χ4n) is 3.61. The minimum Gasteiger partial charge on any atom is -0.353 e. The first kappa shape index (κ1) is 15.0. The molecule has 1 aliphatic rings. The molecular weight excluding hydrogens is 300 g/mol. The number of nitrogens with one attached hydrogen (secondary N) is 3. The van der Waals surface area contributed by atoms with Crippen LogP contribution in [-0.4, -0.2) is 21.1 Å². The zero-order valence-electron chi connectivity index (χ0n) is 14.3. The number of fused-ring (bicyclic) bond motifs is 2. The molecule has 0 spiro atoms. The molecule has 124 valence electrons. The van der Waals surface area contributed by atoms with Crippen LogP contribution in [0, 0.1) is 5.41 Å². The van der Waals surface area contributed by atoms with Gasteiger partial charge in [0.25, 0.3) is 0 Å². The summed E-state index contributed by atoms with van der Waals surface area (Å²) in [6.45, 7) is 6.13. The normalized spacial score (nSPS) is 16.1. The quantitative estimate of drug-likeness (QED) is 0.666. The van der Waals surface area contributed by atoms with E-state index in [9.17, 15) is 4.79 Å². The minimum atomic E-state index is -0.0647. The van der Waals surface area contributed by atoms with Crippen LogP contribution < -0.4 is 5.32 Å². The van der Waals surface area contributed by atoms with E-state index in [0.717, 1.165) is 40.8 Å². The monoisotopic (exact) mass is 322 g/mol. The number of nitrogens with zero attached hydrogens (tertiary/aromatic N) is 1. The van der Waals surface area contributed by atoms with Crippen molar-refractivity contribution in [1.29, 1.82) is 0 Å². The third-order valence-corrected chi connectivity index (χ3v) is 4.86. The number of hydrogen-bond donors (Lipinski definition) is 3. The zero-order valence-corrected chi connectivity index (χ0v) is 14.3. The Morgan fingerprint density at radius 1 is 1.29 bits per heavy atom. The second-order valence-electron chi connectivity index (χ2n) is 7.54. The van der Waals surface area contributed by atoms with E-state index in [1.807, 2.05) is 18.2 Å². The molecule has 5 nitrogen and oxygen atoms in total. The minimum absolute atomic E-state index is 0.0647. The van der Waals surface area contributed by atoms with Crippen LogP contribution >= 0.6 is 0 Å². The van der Waals surface area contributed by atoms with E-state index in [-0.39, 0.29) is 5.91 Å². The van der Waals surface area contributed by atoms with E-state index >= 15 is 0 Å². The lowest BCUT2D eigenvalue weighted by Crippen LogP contribution is -2.21. The third-order valence-electron chi connectivity index (χ3n) is 4.86. The average molecular weight is 322 g/mol. The van der Waals surface area contributed by atoms with Gasteiger partial charge in [0.15, 0.2) is 0 Å². The molecule has 0 radical (unpaired) electrons. The van der Waals surface area contributed by atoms with Crippen molar-refractivity contribution < 1.29 is 4.79 Å². The third kappa shape index (κ3) is 2.60. The Balaban J connectivity index is 1.73. The molecule has 0 unspecified atom stereocenters. The largest absolute Gasteiger partial charge is 0.353 e. The summed E-state index contributed by atoms with van der Waals surface area (Å²) < 4.78 is 0. The first-order chi connectivity index (χ1) is 11.4. The Bertz CT molecular complexity index is 932. The van der Waals surface area contributed by atoms with Crippen molar-refractivity contribution in [3.05, 3.63) is 35.5 Å². The number of benzene rings is 1. The van der Waals surface area contributed by atoms with Gasteiger partial charge in [0.05, 0.1) is 5.69 Å². The van der Waals surface area contributed by atoms with Gasteiger partial charge in [-0.05, 0) is 42.9 Å². The van der Waals surface area contributed by atoms with Gasteiger partial charge in [-0.2, -0.15) is 5.10 Å². The summed E-state index contributed by atoms with van der Waals surface area (Å²) in [4.78, 5) is 14.7. The molecule has 1 amide bonds. The Morgan fingerprint density at radius 2 is 2.12 bits per heavy atom. The molecule has 0 fully saturated rings. The molecule has 1 aromatic carbocycles. The number of aromatic amines is 2. The Hall–Kier alpha value is -2.56. The maximum Gasteiger partial charge on any atom is 0.221 e. The number of rotatable bonds is 2. The molecule has 0 saturated heterocycles. The Labute approximate surface area is 140 Å². The molecule has 24 heavy (non-hydrogen) atoms. The smallest absolute Gasteiger partial charge is 0.221 e. The molecule has 0 saturated carbocycles. The lowest BCUT2D eigenvalue weighted by molar-refractivity contribution is -0.114. The van der Waals surface area contributed by atoms with Crippen LogP contribution in [0.5, 0.6) is 0 Å². The van der Waals surface area contributed by atoms with Crippen molar-refractivity contribution in [3.63, 3.8) is 0 Å². The van der Waals surface area contributed by atoms with Crippen LogP contribution in [-0.2, 0) is 17.6 Å². The highest BCUT2D eigenvalue weighted by molar-refractivity contribution is 5.93. The standard InChI is InChI=1S/C19H22N4O/c1-11(24)20-13-5-4-12-8-16(21-15(12)9-13)18-14-6-7-19(2,3)10-17(14)22-23-18/h4-5,8-9,21H,6-7,10H2,1-3H3,(H,20,24)(H,22,23). The van der Waals surface area contributed by atoms with Crippen LogP contribution in [0.2, 0.25) is 0 Å². The highest BCUT2D eigenvalue weighted by atomic mass is 16.1. The number of H-pyrrole nitrogens is 2. The van der Waals surface area contributed by atoms with Crippen molar-refractivity contribution in [2.24, 2.45) is 5.41 Å². The van der Waals surface area contributed by atoms with Gasteiger partial charge >= 0.3 is 0 Å². The van der Waals surface area contributed by atoms with E-state index < -0.39 is 0 Å². The SMILES string of the molecule is CC(=O)Nc1ccc2cc(-c3n[nH]c4c3CCC(C)(C)C4)[nH]c2c1. The maximum absolute atomic E-state index is 11.2. The second kappa shape index (κ2) is 5.23. The summed E-state index contributed by atoms with van der Waals surface area (Å²) in [5.74, 6) is -0.0647. The lowest BCUT2D eigenvalue weighted by Gasteiger charge is -2.28. The fourth-order valence-corrected chi connectivity index (χ4v) is 3.61. The molecule has 4 rings (SSSR count). The van der Waals surface area contributed by atoms with E-state index in [1.165, 1.54) is 24.6 Å². The lowest BCUT2D eigenvalue weighted by atomic mass is 9.76.